The van der Waals surface area contributed by atoms with Crippen LogP contribution in [-0.2, 0) is 6.54 Å². The fraction of sp³-hybridized carbons (Fsp3) is 0.150. The van der Waals surface area contributed by atoms with E-state index >= 15 is 0 Å². The fourth-order valence-corrected chi connectivity index (χ4v) is 4.09. The highest BCUT2D eigenvalue weighted by atomic mass is 32.1. The van der Waals surface area contributed by atoms with Crippen molar-refractivity contribution < 1.29 is 4.39 Å². The Hall–Kier alpha value is -2.86. The Bertz CT molecular complexity index is 1060. The topological polar surface area (TPSA) is 50.7 Å². The van der Waals surface area contributed by atoms with E-state index in [4.69, 9.17) is 0 Å². The molecule has 26 heavy (non-hydrogen) atoms. The Kier molecular flexibility index (Phi) is 4.34. The number of rotatable bonds is 4. The summed E-state index contributed by atoms with van der Waals surface area (Å²) in [5.41, 5.74) is 3.15. The zero-order valence-electron chi connectivity index (χ0n) is 14.5. The molecule has 6 heteroatoms. The smallest absolute Gasteiger partial charge is 0.139 e. The zero-order valence-corrected chi connectivity index (χ0v) is 15.3. The molecule has 1 N–H and O–H groups in total. The molecule has 0 atom stereocenters. The Morgan fingerprint density at radius 1 is 1.00 bits per heavy atom. The first-order chi connectivity index (χ1) is 12.6. The molecule has 4 aromatic rings. The molecule has 0 bridgehead atoms. The number of fused-ring (bicyclic) bond motifs is 1. The van der Waals surface area contributed by atoms with Crippen LogP contribution in [0.1, 0.15) is 16.3 Å². The summed E-state index contributed by atoms with van der Waals surface area (Å²) in [7, 11) is 0. The lowest BCUT2D eigenvalue weighted by molar-refractivity contribution is 0.628. The van der Waals surface area contributed by atoms with E-state index in [1.807, 2.05) is 19.1 Å². The second kappa shape index (κ2) is 6.80. The third-order valence-electron chi connectivity index (χ3n) is 4.18. The number of hydrogen-bond acceptors (Lipinski definition) is 5. The summed E-state index contributed by atoms with van der Waals surface area (Å²) in [5, 5.41) is 4.42. The molecular formula is C20H17FN4S. The minimum Gasteiger partial charge on any atom is -0.365 e. The molecule has 0 unspecified atom stereocenters. The van der Waals surface area contributed by atoms with Crippen molar-refractivity contribution in [3.05, 3.63) is 70.9 Å². The molecule has 0 amide bonds. The van der Waals surface area contributed by atoms with Crippen LogP contribution >= 0.6 is 11.3 Å². The van der Waals surface area contributed by atoms with Gasteiger partial charge in [0.05, 0.1) is 5.39 Å². The van der Waals surface area contributed by atoms with Gasteiger partial charge in [-0.25, -0.2) is 14.4 Å². The number of hydrogen-bond donors (Lipinski definition) is 1. The number of benzene rings is 1. The average molecular weight is 364 g/mol. The second-order valence-corrected chi connectivity index (χ2v) is 7.25. The minimum absolute atomic E-state index is 0.242. The van der Waals surface area contributed by atoms with E-state index in [1.54, 1.807) is 35.9 Å². The summed E-state index contributed by atoms with van der Waals surface area (Å²) in [5.74, 6) is 1.28. The summed E-state index contributed by atoms with van der Waals surface area (Å²) in [6.45, 7) is 4.60. The molecule has 3 heterocycles. The van der Waals surface area contributed by atoms with Gasteiger partial charge in [-0.3, -0.25) is 4.98 Å². The summed E-state index contributed by atoms with van der Waals surface area (Å²) < 4.78 is 13.3. The molecule has 0 saturated carbocycles. The first-order valence-corrected chi connectivity index (χ1v) is 9.10. The molecule has 4 rings (SSSR count). The minimum atomic E-state index is -0.242. The Morgan fingerprint density at radius 3 is 2.46 bits per heavy atom. The maximum absolute atomic E-state index is 13.3. The fourth-order valence-electron chi connectivity index (χ4n) is 3.00. The largest absolute Gasteiger partial charge is 0.365 e. The molecular weight excluding hydrogens is 347 g/mol. The van der Waals surface area contributed by atoms with Gasteiger partial charge < -0.3 is 5.32 Å². The molecule has 0 fully saturated rings. The van der Waals surface area contributed by atoms with Crippen LogP contribution in [0.15, 0.2) is 48.8 Å². The van der Waals surface area contributed by atoms with Gasteiger partial charge in [0, 0.05) is 29.4 Å². The molecule has 4 nitrogen and oxygen atoms in total. The molecule has 0 saturated heterocycles. The maximum atomic E-state index is 13.3. The van der Waals surface area contributed by atoms with Crippen molar-refractivity contribution in [1.82, 2.24) is 15.0 Å². The summed E-state index contributed by atoms with van der Waals surface area (Å²) in [6, 6.07) is 10.5. The van der Waals surface area contributed by atoms with Crippen molar-refractivity contribution in [3.8, 4) is 11.1 Å². The van der Waals surface area contributed by atoms with Gasteiger partial charge in [-0.15, -0.1) is 11.3 Å². The maximum Gasteiger partial charge on any atom is 0.139 e. The van der Waals surface area contributed by atoms with Gasteiger partial charge in [-0.05, 0) is 49.2 Å². The van der Waals surface area contributed by atoms with Gasteiger partial charge in [0.15, 0.2) is 0 Å². The highest BCUT2D eigenvalue weighted by molar-refractivity contribution is 7.19. The first-order valence-electron chi connectivity index (χ1n) is 8.28. The lowest BCUT2D eigenvalue weighted by atomic mass is 10.0. The molecule has 0 aliphatic carbocycles. The van der Waals surface area contributed by atoms with Crippen molar-refractivity contribution in [2.75, 3.05) is 5.32 Å². The molecule has 0 aliphatic rings. The van der Waals surface area contributed by atoms with Crippen LogP contribution in [0.4, 0.5) is 10.2 Å². The number of aromatic nitrogens is 3. The van der Waals surface area contributed by atoms with Gasteiger partial charge in [0.1, 0.15) is 22.3 Å². The average Bonchev–Trinajstić information content (AvgIpc) is 2.97. The third-order valence-corrected chi connectivity index (χ3v) is 5.18. The lowest BCUT2D eigenvalue weighted by Crippen LogP contribution is -2.04. The Labute approximate surface area is 154 Å². The van der Waals surface area contributed by atoms with Gasteiger partial charge in [0.2, 0.25) is 0 Å². The molecule has 3 aromatic heterocycles. The van der Waals surface area contributed by atoms with E-state index in [9.17, 15) is 4.39 Å². The van der Waals surface area contributed by atoms with Gasteiger partial charge in [-0.2, -0.15) is 0 Å². The monoisotopic (exact) mass is 364 g/mol. The number of pyridine rings is 1. The number of anilines is 1. The van der Waals surface area contributed by atoms with E-state index in [0.29, 0.717) is 6.54 Å². The summed E-state index contributed by atoms with van der Waals surface area (Å²) >= 11 is 1.63. The molecule has 0 radical (unpaired) electrons. The van der Waals surface area contributed by atoms with Crippen LogP contribution in [0.2, 0.25) is 0 Å². The predicted octanol–water partition coefficient (Wildman–Crippen LogP) is 5.12. The van der Waals surface area contributed by atoms with Crippen molar-refractivity contribution in [3.63, 3.8) is 0 Å². The first kappa shape index (κ1) is 16.6. The highest BCUT2D eigenvalue weighted by Gasteiger charge is 2.17. The molecule has 1 aromatic carbocycles. The van der Waals surface area contributed by atoms with Gasteiger partial charge in [-0.1, -0.05) is 12.1 Å². The standard InChI is InChI=1S/C20H17FN4S/c1-12-17(15-3-5-16(21)6-4-15)18-19(24-13(2)25-20(18)26-12)23-11-14-7-9-22-10-8-14/h3-10H,11H2,1-2H3,(H,23,24,25). The van der Waals surface area contributed by atoms with Crippen molar-refractivity contribution in [2.24, 2.45) is 0 Å². The second-order valence-electron chi connectivity index (χ2n) is 6.05. The van der Waals surface area contributed by atoms with E-state index in [1.165, 1.54) is 12.1 Å². The number of nitrogens with zero attached hydrogens (tertiary/aromatic N) is 3. The predicted molar refractivity (Wildman–Crippen MR) is 104 cm³/mol. The Balaban J connectivity index is 1.82. The molecule has 0 spiro atoms. The van der Waals surface area contributed by atoms with Crippen molar-refractivity contribution in [2.45, 2.75) is 20.4 Å². The number of nitrogens with one attached hydrogen (secondary N) is 1. The third kappa shape index (κ3) is 3.15. The van der Waals surface area contributed by atoms with Crippen LogP contribution in [0.5, 0.6) is 0 Å². The SMILES string of the molecule is Cc1nc(NCc2ccncc2)c2c(-c3ccc(F)cc3)c(C)sc2n1. The number of thiophene rings is 1. The van der Waals surface area contributed by atoms with E-state index < -0.39 is 0 Å². The molecule has 130 valence electrons. The Morgan fingerprint density at radius 2 is 1.73 bits per heavy atom. The summed E-state index contributed by atoms with van der Waals surface area (Å²) in [6.07, 6.45) is 3.55. The van der Waals surface area contributed by atoms with E-state index in [0.717, 1.165) is 43.4 Å². The van der Waals surface area contributed by atoms with Crippen molar-refractivity contribution in [1.29, 1.82) is 0 Å². The summed E-state index contributed by atoms with van der Waals surface area (Å²) in [4.78, 5) is 15.3. The highest BCUT2D eigenvalue weighted by Crippen LogP contribution is 2.40. The van der Waals surface area contributed by atoms with Gasteiger partial charge >= 0.3 is 0 Å². The van der Waals surface area contributed by atoms with Crippen LogP contribution < -0.4 is 5.32 Å². The molecule has 0 aliphatic heterocycles. The number of halogens is 1. The van der Waals surface area contributed by atoms with Crippen LogP contribution in [-0.4, -0.2) is 15.0 Å². The van der Waals surface area contributed by atoms with E-state index in [-0.39, 0.29) is 5.82 Å². The zero-order chi connectivity index (χ0) is 18.1. The van der Waals surface area contributed by atoms with Crippen LogP contribution in [0.25, 0.3) is 21.3 Å². The quantitative estimate of drug-likeness (QED) is 0.546. The van der Waals surface area contributed by atoms with E-state index in [2.05, 4.69) is 27.2 Å². The van der Waals surface area contributed by atoms with Gasteiger partial charge in [0.25, 0.3) is 0 Å². The normalized spacial score (nSPS) is 11.0. The lowest BCUT2D eigenvalue weighted by Gasteiger charge is -2.10. The number of aryl methyl sites for hydroxylation is 2. The van der Waals surface area contributed by atoms with Crippen LogP contribution in [0.3, 0.4) is 0 Å². The van der Waals surface area contributed by atoms with Crippen molar-refractivity contribution >= 4 is 27.4 Å². The van der Waals surface area contributed by atoms with Crippen LogP contribution in [0, 0.1) is 19.7 Å².